The van der Waals surface area contributed by atoms with Crippen molar-refractivity contribution < 1.29 is 65.7 Å². The van der Waals surface area contributed by atoms with Crippen LogP contribution in [0.2, 0.25) is 0 Å². The molecule has 21 heavy (non-hydrogen) atoms. The molecule has 3 atom stereocenters. The van der Waals surface area contributed by atoms with E-state index in [9.17, 15) is 13.0 Å². The van der Waals surface area contributed by atoms with Crippen molar-refractivity contribution in [2.45, 2.75) is 25.4 Å². The van der Waals surface area contributed by atoms with Crippen molar-refractivity contribution in [1.29, 1.82) is 0 Å². The van der Waals surface area contributed by atoms with Crippen LogP contribution in [0, 0.1) is 0 Å². The van der Waals surface area contributed by atoms with Gasteiger partial charge in [0.25, 0.3) is 0 Å². The Hall–Kier alpha value is 0.450. The van der Waals surface area contributed by atoms with E-state index in [-0.39, 0.29) is 68.4 Å². The predicted molar refractivity (Wildman–Crippen MR) is 66.7 cm³/mol. The Morgan fingerprint density at radius 3 is 2.62 bits per heavy atom. The third-order valence-corrected chi connectivity index (χ3v) is 2.81. The first-order chi connectivity index (χ1) is 9.40. The van der Waals surface area contributed by atoms with Gasteiger partial charge in [-0.1, -0.05) is 6.08 Å². The summed E-state index contributed by atoms with van der Waals surface area (Å²) in [6, 6.07) is 0. The Balaban J connectivity index is 0.00000400. The van der Waals surface area contributed by atoms with E-state index in [1.54, 1.807) is 6.92 Å². The van der Waals surface area contributed by atoms with E-state index >= 15 is 0 Å². The molecule has 0 aliphatic carbocycles. The van der Waals surface area contributed by atoms with Gasteiger partial charge < -0.3 is 23.5 Å². The van der Waals surface area contributed by atoms with Crippen LogP contribution in [0.5, 0.6) is 0 Å². The van der Waals surface area contributed by atoms with Crippen molar-refractivity contribution in [2.24, 2.45) is 0 Å². The van der Waals surface area contributed by atoms with E-state index in [4.69, 9.17) is 18.9 Å². The number of hydrogen-bond acceptors (Lipinski definition) is 8. The van der Waals surface area contributed by atoms with E-state index in [2.05, 4.69) is 10.8 Å². The van der Waals surface area contributed by atoms with Gasteiger partial charge in [-0.05, 0) is 6.92 Å². The maximum absolute atomic E-state index is 10.6. The summed E-state index contributed by atoms with van der Waals surface area (Å²) in [5.74, 6) is 0. The average Bonchev–Trinajstić information content (AvgIpc) is 2.73. The monoisotopic (exact) mass is 334 g/mol. The van der Waals surface area contributed by atoms with Crippen LogP contribution in [0.25, 0.3) is 0 Å². The summed E-state index contributed by atoms with van der Waals surface area (Å²) < 4.78 is 56.9. The van der Waals surface area contributed by atoms with Gasteiger partial charge in [-0.15, -0.1) is 6.58 Å². The SMILES string of the molecule is C=CCOCC(COCC1COC(C)O1)OS(=O)(=O)[O-].[Na+]. The first kappa shape index (κ1) is 21.4. The van der Waals surface area contributed by atoms with Crippen molar-refractivity contribution >= 4 is 10.4 Å². The van der Waals surface area contributed by atoms with Gasteiger partial charge in [0.15, 0.2) is 6.29 Å². The zero-order valence-electron chi connectivity index (χ0n) is 12.2. The summed E-state index contributed by atoms with van der Waals surface area (Å²) >= 11 is 0. The van der Waals surface area contributed by atoms with Crippen LogP contribution < -0.4 is 29.6 Å². The molecule has 8 nitrogen and oxygen atoms in total. The van der Waals surface area contributed by atoms with Crippen LogP contribution in [-0.4, -0.2) is 64.5 Å². The molecule has 1 rings (SSSR count). The molecule has 0 aromatic rings. The topological polar surface area (TPSA) is 103 Å². The maximum Gasteiger partial charge on any atom is 1.00 e. The molecule has 1 fully saturated rings. The molecule has 0 radical (unpaired) electrons. The van der Waals surface area contributed by atoms with E-state index in [0.29, 0.717) is 6.61 Å². The van der Waals surface area contributed by atoms with Crippen molar-refractivity contribution in [3.63, 3.8) is 0 Å². The van der Waals surface area contributed by atoms with Crippen molar-refractivity contribution in [2.75, 3.05) is 33.0 Å². The largest absolute Gasteiger partial charge is 1.00 e. The Morgan fingerprint density at radius 2 is 2.10 bits per heavy atom. The zero-order valence-corrected chi connectivity index (χ0v) is 15.0. The van der Waals surface area contributed by atoms with Gasteiger partial charge in [-0.25, -0.2) is 8.42 Å². The summed E-state index contributed by atoms with van der Waals surface area (Å²) in [6.07, 6.45) is -0.0104. The number of rotatable bonds is 10. The molecule has 0 spiro atoms. The molecule has 0 amide bonds. The third kappa shape index (κ3) is 10.7. The normalized spacial score (nSPS) is 23.5. The first-order valence-electron chi connectivity index (χ1n) is 6.08. The molecule has 1 aliphatic rings. The second-order valence-corrected chi connectivity index (χ2v) is 5.16. The molecule has 10 heteroatoms. The Morgan fingerprint density at radius 1 is 1.43 bits per heavy atom. The van der Waals surface area contributed by atoms with Gasteiger partial charge in [0, 0.05) is 0 Å². The molecule has 0 aromatic carbocycles. The second-order valence-electron chi connectivity index (χ2n) is 4.15. The fourth-order valence-corrected chi connectivity index (χ4v) is 2.01. The molecule has 0 N–H and O–H groups in total. The fraction of sp³-hybridized carbons (Fsp3) is 0.818. The Bertz CT molecular complexity index is 388. The van der Waals surface area contributed by atoms with Gasteiger partial charge in [0.1, 0.15) is 12.2 Å². The summed E-state index contributed by atoms with van der Waals surface area (Å²) in [5, 5.41) is 0. The molecule has 0 aromatic heterocycles. The summed E-state index contributed by atoms with van der Waals surface area (Å²) in [4.78, 5) is 0. The van der Waals surface area contributed by atoms with Crippen LogP contribution in [-0.2, 0) is 33.5 Å². The van der Waals surface area contributed by atoms with Crippen LogP contribution >= 0.6 is 0 Å². The van der Waals surface area contributed by atoms with E-state index in [1.165, 1.54) is 6.08 Å². The van der Waals surface area contributed by atoms with E-state index < -0.39 is 16.5 Å². The molecular formula is C11H19NaO8S. The molecule has 0 saturated carbocycles. The molecule has 118 valence electrons. The van der Waals surface area contributed by atoms with E-state index in [0.717, 1.165) is 0 Å². The van der Waals surface area contributed by atoms with E-state index in [1.807, 2.05) is 0 Å². The van der Waals surface area contributed by atoms with Crippen LogP contribution in [0.3, 0.4) is 0 Å². The molecule has 1 heterocycles. The van der Waals surface area contributed by atoms with Crippen LogP contribution in [0.4, 0.5) is 0 Å². The molecule has 3 unspecified atom stereocenters. The number of ether oxygens (including phenoxy) is 4. The molecule has 1 saturated heterocycles. The third-order valence-electron chi connectivity index (χ3n) is 2.30. The van der Waals surface area contributed by atoms with Crippen LogP contribution in [0.15, 0.2) is 12.7 Å². The standard InChI is InChI=1S/C11H20O8S.Na/c1-3-4-15-6-11(19-20(12,13)14)7-16-5-10-8-17-9(2)18-10;/h3,9-11H,1,4-8H2,2H3,(H,12,13,14);/q;+1/p-1. The van der Waals surface area contributed by atoms with Gasteiger partial charge >= 0.3 is 29.6 Å². The van der Waals surface area contributed by atoms with Crippen molar-refractivity contribution in [3.05, 3.63) is 12.7 Å². The Kier molecular flexibility index (Phi) is 11.3. The van der Waals surface area contributed by atoms with Crippen molar-refractivity contribution in [3.8, 4) is 0 Å². The summed E-state index contributed by atoms with van der Waals surface area (Å²) in [5.41, 5.74) is 0. The van der Waals surface area contributed by atoms with Gasteiger partial charge in [-0.2, -0.15) is 0 Å². The molecular weight excluding hydrogens is 315 g/mol. The summed E-state index contributed by atoms with van der Waals surface area (Å²) in [6.45, 7) is 5.85. The minimum Gasteiger partial charge on any atom is -0.726 e. The van der Waals surface area contributed by atoms with Gasteiger partial charge in [0.05, 0.1) is 33.0 Å². The Labute approximate surface area is 147 Å². The average molecular weight is 334 g/mol. The van der Waals surface area contributed by atoms with Crippen LogP contribution in [0.1, 0.15) is 6.92 Å². The minimum atomic E-state index is -4.81. The molecule has 0 bridgehead atoms. The quantitative estimate of drug-likeness (QED) is 0.135. The second kappa shape index (κ2) is 11.1. The number of hydrogen-bond donors (Lipinski definition) is 0. The van der Waals surface area contributed by atoms with Gasteiger partial charge in [-0.3, -0.25) is 4.18 Å². The zero-order chi connectivity index (χ0) is 15.0. The predicted octanol–water partition coefficient (Wildman–Crippen LogP) is -3.18. The summed E-state index contributed by atoms with van der Waals surface area (Å²) in [7, 11) is -4.81. The smallest absolute Gasteiger partial charge is 0.726 e. The molecule has 1 aliphatic heterocycles. The minimum absolute atomic E-state index is 0. The maximum atomic E-state index is 10.6. The fourth-order valence-electron chi connectivity index (χ4n) is 1.56. The first-order valence-corrected chi connectivity index (χ1v) is 7.41. The van der Waals surface area contributed by atoms with Crippen molar-refractivity contribution in [1.82, 2.24) is 0 Å². The van der Waals surface area contributed by atoms with Gasteiger partial charge in [0.2, 0.25) is 10.4 Å².